The first kappa shape index (κ1) is 15.8. The molecular weight excluding hydrogens is 369 g/mol. The number of halogens is 2. The second-order valence-corrected chi connectivity index (χ2v) is 7.03. The first-order valence-electron chi connectivity index (χ1n) is 7.92. The average Bonchev–Trinajstić information content (AvgIpc) is 2.57. The molecule has 0 aliphatic carbocycles. The Morgan fingerprint density at radius 2 is 1.96 bits per heavy atom. The van der Waals surface area contributed by atoms with E-state index in [-0.39, 0.29) is 12.1 Å². The Morgan fingerprint density at radius 1 is 1.17 bits per heavy atom. The van der Waals surface area contributed by atoms with E-state index in [0.717, 1.165) is 19.5 Å². The molecule has 5 nitrogen and oxygen atoms in total. The highest BCUT2D eigenvalue weighted by Crippen LogP contribution is 2.42. The van der Waals surface area contributed by atoms with E-state index in [2.05, 4.69) is 20.8 Å². The number of nitrogens with zero attached hydrogens (tertiary/aromatic N) is 1. The number of ether oxygens (including phenoxy) is 3. The number of fused-ring (bicyclic) bond motifs is 2. The van der Waals surface area contributed by atoms with Gasteiger partial charge in [-0.3, -0.25) is 4.90 Å². The lowest BCUT2D eigenvalue weighted by Crippen LogP contribution is -2.60. The molecule has 3 aliphatic heterocycles. The van der Waals surface area contributed by atoms with Crippen LogP contribution in [0, 0.1) is 5.82 Å². The number of hydrogen-bond donors (Lipinski definition) is 1. The van der Waals surface area contributed by atoms with Crippen molar-refractivity contribution in [3.05, 3.63) is 28.0 Å². The van der Waals surface area contributed by atoms with Gasteiger partial charge in [-0.05, 0) is 28.4 Å². The van der Waals surface area contributed by atoms with Crippen molar-refractivity contribution in [3.8, 4) is 5.75 Å². The van der Waals surface area contributed by atoms with Crippen molar-refractivity contribution in [2.24, 2.45) is 0 Å². The highest BCUT2D eigenvalue weighted by Gasteiger charge is 2.47. The summed E-state index contributed by atoms with van der Waals surface area (Å²) in [6.07, 6.45) is -0.710. The number of benzene rings is 1. The number of aliphatic hydroxyl groups is 1. The van der Waals surface area contributed by atoms with Gasteiger partial charge in [0.25, 0.3) is 0 Å². The quantitative estimate of drug-likeness (QED) is 0.796. The Balaban J connectivity index is 1.65. The summed E-state index contributed by atoms with van der Waals surface area (Å²) in [5, 5.41) is 10.7. The van der Waals surface area contributed by atoms with Crippen LogP contribution < -0.4 is 4.74 Å². The molecule has 3 heterocycles. The highest BCUT2D eigenvalue weighted by molar-refractivity contribution is 9.10. The van der Waals surface area contributed by atoms with Crippen molar-refractivity contribution in [2.45, 2.75) is 30.8 Å². The lowest BCUT2D eigenvalue weighted by atomic mass is 9.88. The van der Waals surface area contributed by atoms with E-state index in [4.69, 9.17) is 14.2 Å². The summed E-state index contributed by atoms with van der Waals surface area (Å²) in [7, 11) is 0. The normalized spacial score (nSPS) is 34.4. The maximum absolute atomic E-state index is 13.8. The van der Waals surface area contributed by atoms with Gasteiger partial charge in [0, 0.05) is 31.3 Å². The molecule has 1 N–H and O–H groups in total. The maximum atomic E-state index is 13.8. The first-order valence-corrected chi connectivity index (χ1v) is 8.71. The summed E-state index contributed by atoms with van der Waals surface area (Å²) in [5.41, 5.74) is 0.571. The van der Waals surface area contributed by atoms with Gasteiger partial charge in [-0.1, -0.05) is 0 Å². The minimum absolute atomic E-state index is 0.146. The third-order valence-electron chi connectivity index (χ3n) is 4.89. The van der Waals surface area contributed by atoms with Crippen molar-refractivity contribution >= 4 is 15.9 Å². The third-order valence-corrected chi connectivity index (χ3v) is 5.49. The summed E-state index contributed by atoms with van der Waals surface area (Å²) in [5.74, 6) is 0.0114. The molecule has 1 aromatic carbocycles. The van der Waals surface area contributed by atoms with Gasteiger partial charge in [-0.2, -0.15) is 0 Å². The largest absolute Gasteiger partial charge is 0.485 e. The summed E-state index contributed by atoms with van der Waals surface area (Å²) in [4.78, 5) is 2.33. The monoisotopic (exact) mass is 387 g/mol. The van der Waals surface area contributed by atoms with Crippen molar-refractivity contribution in [1.82, 2.24) is 4.90 Å². The van der Waals surface area contributed by atoms with E-state index in [1.54, 1.807) is 6.07 Å². The Morgan fingerprint density at radius 3 is 2.74 bits per heavy atom. The Bertz CT molecular complexity index is 596. The molecule has 23 heavy (non-hydrogen) atoms. The van der Waals surface area contributed by atoms with Gasteiger partial charge in [-0.25, -0.2) is 4.39 Å². The number of rotatable bonds is 1. The van der Waals surface area contributed by atoms with E-state index in [9.17, 15) is 9.50 Å². The fourth-order valence-corrected chi connectivity index (χ4v) is 4.08. The van der Waals surface area contributed by atoms with Gasteiger partial charge in [0.1, 0.15) is 29.9 Å². The second kappa shape index (κ2) is 6.29. The minimum Gasteiger partial charge on any atom is -0.485 e. The minimum atomic E-state index is -0.815. The summed E-state index contributed by atoms with van der Waals surface area (Å²) < 4.78 is 31.5. The topological polar surface area (TPSA) is 51.2 Å². The molecule has 2 fully saturated rings. The van der Waals surface area contributed by atoms with E-state index in [1.807, 2.05) is 0 Å². The lowest BCUT2D eigenvalue weighted by molar-refractivity contribution is -0.167. The molecule has 0 aromatic heterocycles. The van der Waals surface area contributed by atoms with Crippen molar-refractivity contribution in [3.63, 3.8) is 0 Å². The van der Waals surface area contributed by atoms with Crippen molar-refractivity contribution in [2.75, 3.05) is 32.9 Å². The molecule has 0 saturated carbocycles. The van der Waals surface area contributed by atoms with Crippen LogP contribution in [0.25, 0.3) is 0 Å². The van der Waals surface area contributed by atoms with Crippen LogP contribution in [0.3, 0.4) is 0 Å². The molecule has 0 bridgehead atoms. The molecule has 126 valence electrons. The average molecular weight is 388 g/mol. The molecule has 2 saturated heterocycles. The highest BCUT2D eigenvalue weighted by atomic mass is 79.9. The predicted octanol–water partition coefficient (Wildman–Crippen LogP) is 1.87. The van der Waals surface area contributed by atoms with Gasteiger partial charge in [0.2, 0.25) is 0 Å². The molecule has 0 spiro atoms. The van der Waals surface area contributed by atoms with Crippen molar-refractivity contribution in [1.29, 1.82) is 0 Å². The Kier molecular flexibility index (Phi) is 4.32. The van der Waals surface area contributed by atoms with Crippen LogP contribution >= 0.6 is 15.9 Å². The van der Waals surface area contributed by atoms with Crippen LogP contribution in [0.5, 0.6) is 5.75 Å². The molecule has 0 radical (unpaired) electrons. The number of hydrogen-bond acceptors (Lipinski definition) is 5. The van der Waals surface area contributed by atoms with Crippen LogP contribution in [0.1, 0.15) is 18.1 Å². The standard InChI is InChI=1S/C16H19BrFNO4/c17-10-7-9-13(8-11(10)18)23-15-12(19-2-5-21-6-3-19)1-4-22-16(15)14(9)20/h7-8,12,14-16,20H,1-6H2. The second-order valence-electron chi connectivity index (χ2n) is 6.17. The molecule has 4 rings (SSSR count). The zero-order chi connectivity index (χ0) is 16.0. The van der Waals surface area contributed by atoms with Crippen LogP contribution in [0.2, 0.25) is 0 Å². The fraction of sp³-hybridized carbons (Fsp3) is 0.625. The van der Waals surface area contributed by atoms with E-state index in [0.29, 0.717) is 35.6 Å². The SMILES string of the molecule is OC1c2cc(Br)c(F)cc2OC2C1OCCC2N1CCOCC1. The molecule has 4 atom stereocenters. The zero-order valence-corrected chi connectivity index (χ0v) is 14.2. The van der Waals surface area contributed by atoms with Gasteiger partial charge in [-0.15, -0.1) is 0 Å². The molecule has 4 unspecified atom stereocenters. The summed E-state index contributed by atoms with van der Waals surface area (Å²) >= 11 is 3.16. The predicted molar refractivity (Wildman–Crippen MR) is 84.0 cm³/mol. The van der Waals surface area contributed by atoms with Gasteiger partial charge < -0.3 is 19.3 Å². The van der Waals surface area contributed by atoms with Gasteiger partial charge in [0.05, 0.1) is 23.7 Å². The van der Waals surface area contributed by atoms with E-state index >= 15 is 0 Å². The summed E-state index contributed by atoms with van der Waals surface area (Å²) in [6.45, 7) is 3.68. The Hall–Kier alpha value is -0.730. The Labute approximate surface area is 142 Å². The van der Waals surface area contributed by atoms with Crippen LogP contribution in [-0.4, -0.2) is 61.2 Å². The third kappa shape index (κ3) is 2.78. The van der Waals surface area contributed by atoms with Gasteiger partial charge in [0.15, 0.2) is 0 Å². The molecular formula is C16H19BrFNO4. The number of morpholine rings is 1. The maximum Gasteiger partial charge on any atom is 0.143 e. The van der Waals surface area contributed by atoms with E-state index < -0.39 is 18.0 Å². The fourth-order valence-electron chi connectivity index (χ4n) is 3.72. The number of aliphatic hydroxyl groups excluding tert-OH is 1. The van der Waals surface area contributed by atoms with Crippen LogP contribution in [0.15, 0.2) is 16.6 Å². The summed E-state index contributed by atoms with van der Waals surface area (Å²) in [6, 6.07) is 3.06. The molecule has 0 amide bonds. The molecule has 3 aliphatic rings. The zero-order valence-electron chi connectivity index (χ0n) is 12.6. The molecule has 7 heteroatoms. The lowest BCUT2D eigenvalue weighted by Gasteiger charge is -2.48. The van der Waals surface area contributed by atoms with E-state index in [1.165, 1.54) is 6.07 Å². The van der Waals surface area contributed by atoms with Crippen LogP contribution in [0.4, 0.5) is 4.39 Å². The first-order chi connectivity index (χ1) is 11.1. The molecule has 1 aromatic rings. The van der Waals surface area contributed by atoms with Crippen molar-refractivity contribution < 1.29 is 23.7 Å². The smallest absolute Gasteiger partial charge is 0.143 e. The van der Waals surface area contributed by atoms with Crippen LogP contribution in [-0.2, 0) is 9.47 Å². The van der Waals surface area contributed by atoms with Gasteiger partial charge >= 0.3 is 0 Å².